The highest BCUT2D eigenvalue weighted by atomic mass is 32.2. The molecule has 1 aliphatic heterocycles. The number of methoxy groups -OCH3 is 1. The summed E-state index contributed by atoms with van der Waals surface area (Å²) in [5.41, 5.74) is 1.35. The molecule has 8 heteroatoms. The molecule has 0 bridgehead atoms. The smallest absolute Gasteiger partial charge is 0.246 e. The Balaban J connectivity index is 1.72. The Morgan fingerprint density at radius 2 is 1.83 bits per heavy atom. The third-order valence-corrected chi connectivity index (χ3v) is 6.85. The van der Waals surface area contributed by atoms with Gasteiger partial charge in [0.2, 0.25) is 15.9 Å². The number of benzene rings is 2. The summed E-state index contributed by atoms with van der Waals surface area (Å²) in [4.78, 5) is 12.2. The third kappa shape index (κ3) is 5.46. The molecule has 1 aliphatic rings. The van der Waals surface area contributed by atoms with E-state index >= 15 is 0 Å². The topological polar surface area (TPSA) is 75.7 Å². The second kappa shape index (κ2) is 9.86. The monoisotopic (exact) mass is 432 g/mol. The fourth-order valence-electron chi connectivity index (χ4n) is 3.27. The minimum Gasteiger partial charge on any atom is -0.495 e. The van der Waals surface area contributed by atoms with E-state index in [4.69, 9.17) is 4.74 Å². The van der Waals surface area contributed by atoms with E-state index in [1.54, 1.807) is 30.3 Å². The Hall–Kier alpha value is -2.71. The SMILES string of the molecule is COc1ccc(/C=C/C(=O)NCc2ccc(F)cc2)cc1S(=O)(=O)N1CCCCC1. The van der Waals surface area contributed by atoms with Gasteiger partial charge in [-0.05, 0) is 54.3 Å². The molecule has 2 aromatic carbocycles. The highest BCUT2D eigenvalue weighted by molar-refractivity contribution is 7.89. The Bertz CT molecular complexity index is 1010. The summed E-state index contributed by atoms with van der Waals surface area (Å²) >= 11 is 0. The number of sulfonamides is 1. The van der Waals surface area contributed by atoms with Gasteiger partial charge in [0.25, 0.3) is 0 Å². The van der Waals surface area contributed by atoms with Gasteiger partial charge in [-0.3, -0.25) is 4.79 Å². The largest absolute Gasteiger partial charge is 0.495 e. The average molecular weight is 433 g/mol. The number of hydrogen-bond acceptors (Lipinski definition) is 4. The molecular weight excluding hydrogens is 407 g/mol. The minimum atomic E-state index is -3.67. The van der Waals surface area contributed by atoms with Crippen molar-refractivity contribution in [2.24, 2.45) is 0 Å². The number of nitrogens with zero attached hydrogens (tertiary/aromatic N) is 1. The molecule has 160 valence electrons. The van der Waals surface area contributed by atoms with Gasteiger partial charge in [-0.25, -0.2) is 12.8 Å². The molecule has 1 heterocycles. The lowest BCUT2D eigenvalue weighted by atomic mass is 10.2. The molecule has 3 rings (SSSR count). The Kier molecular flexibility index (Phi) is 7.23. The molecule has 0 radical (unpaired) electrons. The number of carbonyl (C=O) groups is 1. The van der Waals surface area contributed by atoms with Crippen molar-refractivity contribution in [2.75, 3.05) is 20.2 Å². The number of nitrogens with one attached hydrogen (secondary N) is 1. The molecule has 1 saturated heterocycles. The zero-order valence-electron chi connectivity index (χ0n) is 16.8. The van der Waals surface area contributed by atoms with E-state index in [-0.39, 0.29) is 28.9 Å². The molecular formula is C22H25FN2O4S. The van der Waals surface area contributed by atoms with E-state index in [0.717, 1.165) is 24.8 Å². The molecule has 1 fully saturated rings. The zero-order chi connectivity index (χ0) is 21.6. The van der Waals surface area contributed by atoms with Crippen molar-refractivity contribution in [1.29, 1.82) is 0 Å². The number of halogens is 1. The number of hydrogen-bond donors (Lipinski definition) is 1. The summed E-state index contributed by atoms with van der Waals surface area (Å²) in [5.74, 6) is -0.395. The van der Waals surface area contributed by atoms with E-state index in [2.05, 4.69) is 5.32 Å². The maximum absolute atomic E-state index is 13.1. The number of ether oxygens (including phenoxy) is 1. The van der Waals surface area contributed by atoms with Crippen LogP contribution in [0.3, 0.4) is 0 Å². The first kappa shape index (κ1) is 22.0. The molecule has 0 saturated carbocycles. The van der Waals surface area contributed by atoms with Gasteiger partial charge in [-0.1, -0.05) is 24.6 Å². The van der Waals surface area contributed by atoms with Crippen LogP contribution in [0.1, 0.15) is 30.4 Å². The Labute approximate surface area is 176 Å². The summed E-state index contributed by atoms with van der Waals surface area (Å²) < 4.78 is 45.8. The van der Waals surface area contributed by atoms with Crippen LogP contribution in [0.15, 0.2) is 53.4 Å². The van der Waals surface area contributed by atoms with E-state index in [1.165, 1.54) is 35.7 Å². The number of rotatable bonds is 7. The molecule has 6 nitrogen and oxygen atoms in total. The fraction of sp³-hybridized carbons (Fsp3) is 0.318. The van der Waals surface area contributed by atoms with Crippen LogP contribution in [0, 0.1) is 5.82 Å². The number of amides is 1. The lowest BCUT2D eigenvalue weighted by Gasteiger charge is -2.26. The van der Waals surface area contributed by atoms with Gasteiger partial charge in [0.15, 0.2) is 0 Å². The van der Waals surface area contributed by atoms with Crippen LogP contribution < -0.4 is 10.1 Å². The summed E-state index contributed by atoms with van der Waals surface area (Å²) in [6, 6.07) is 10.7. The van der Waals surface area contributed by atoms with Crippen LogP contribution in [-0.4, -0.2) is 38.8 Å². The van der Waals surface area contributed by atoms with E-state index in [9.17, 15) is 17.6 Å². The molecule has 30 heavy (non-hydrogen) atoms. The highest BCUT2D eigenvalue weighted by Gasteiger charge is 2.28. The summed E-state index contributed by atoms with van der Waals surface area (Å²) in [7, 11) is -2.24. The van der Waals surface area contributed by atoms with Gasteiger partial charge in [0.05, 0.1) is 7.11 Å². The molecule has 0 aliphatic carbocycles. The lowest BCUT2D eigenvalue weighted by molar-refractivity contribution is -0.116. The van der Waals surface area contributed by atoms with Gasteiger partial charge < -0.3 is 10.1 Å². The van der Waals surface area contributed by atoms with E-state index in [0.29, 0.717) is 18.7 Å². The van der Waals surface area contributed by atoms with Crippen molar-refractivity contribution in [2.45, 2.75) is 30.7 Å². The number of piperidine rings is 1. The molecule has 0 unspecified atom stereocenters. The molecule has 0 aromatic heterocycles. The minimum absolute atomic E-state index is 0.0979. The van der Waals surface area contributed by atoms with Crippen molar-refractivity contribution >= 4 is 22.0 Å². The van der Waals surface area contributed by atoms with Crippen LogP contribution in [0.5, 0.6) is 5.75 Å². The Morgan fingerprint density at radius 3 is 2.50 bits per heavy atom. The average Bonchev–Trinajstić information content (AvgIpc) is 2.77. The van der Waals surface area contributed by atoms with E-state index in [1.807, 2.05) is 0 Å². The van der Waals surface area contributed by atoms with Crippen molar-refractivity contribution in [3.63, 3.8) is 0 Å². The molecule has 0 spiro atoms. The van der Waals surface area contributed by atoms with Crippen LogP contribution >= 0.6 is 0 Å². The van der Waals surface area contributed by atoms with Gasteiger partial charge in [-0.2, -0.15) is 4.31 Å². The highest BCUT2D eigenvalue weighted by Crippen LogP contribution is 2.29. The van der Waals surface area contributed by atoms with Gasteiger partial charge >= 0.3 is 0 Å². The predicted octanol–water partition coefficient (Wildman–Crippen LogP) is 3.34. The quantitative estimate of drug-likeness (QED) is 0.681. The maximum atomic E-state index is 13.1. The standard InChI is InChI=1S/C22H25FN2O4S/c1-29-20-11-7-17(15-21(20)30(27,28)25-13-3-2-4-14-25)8-12-22(26)24-16-18-5-9-19(23)10-6-18/h5-12,15H,2-4,13-14,16H2,1H3,(H,24,26)/b12-8+. The molecule has 0 atom stereocenters. The fourth-order valence-corrected chi connectivity index (χ4v) is 4.97. The van der Waals surface area contributed by atoms with Crippen molar-refractivity contribution in [3.8, 4) is 5.75 Å². The lowest BCUT2D eigenvalue weighted by Crippen LogP contribution is -2.35. The van der Waals surface area contributed by atoms with Gasteiger partial charge in [-0.15, -0.1) is 0 Å². The summed E-state index contributed by atoms with van der Waals surface area (Å²) in [6.45, 7) is 1.26. The second-order valence-corrected chi connectivity index (χ2v) is 8.96. The van der Waals surface area contributed by atoms with Crippen LogP contribution in [-0.2, 0) is 21.4 Å². The van der Waals surface area contributed by atoms with Crippen LogP contribution in [0.2, 0.25) is 0 Å². The zero-order valence-corrected chi connectivity index (χ0v) is 17.6. The second-order valence-electron chi connectivity index (χ2n) is 7.05. The first-order valence-electron chi connectivity index (χ1n) is 9.79. The van der Waals surface area contributed by atoms with Crippen molar-refractivity contribution < 1.29 is 22.3 Å². The Morgan fingerprint density at radius 1 is 1.13 bits per heavy atom. The van der Waals surface area contributed by atoms with Crippen LogP contribution in [0.4, 0.5) is 4.39 Å². The predicted molar refractivity (Wildman–Crippen MR) is 113 cm³/mol. The molecule has 1 N–H and O–H groups in total. The van der Waals surface area contributed by atoms with Crippen molar-refractivity contribution in [3.05, 3.63) is 65.5 Å². The van der Waals surface area contributed by atoms with Crippen molar-refractivity contribution in [1.82, 2.24) is 9.62 Å². The first-order chi connectivity index (χ1) is 14.4. The van der Waals surface area contributed by atoms with Gasteiger partial charge in [0, 0.05) is 25.7 Å². The summed E-state index contributed by atoms with van der Waals surface area (Å²) in [5, 5.41) is 2.71. The third-order valence-electron chi connectivity index (χ3n) is 4.93. The normalized spacial score (nSPS) is 15.3. The van der Waals surface area contributed by atoms with Gasteiger partial charge in [0.1, 0.15) is 16.5 Å². The van der Waals surface area contributed by atoms with Crippen LogP contribution in [0.25, 0.3) is 6.08 Å². The van der Waals surface area contributed by atoms with E-state index < -0.39 is 10.0 Å². The molecule has 1 amide bonds. The molecule has 2 aromatic rings. The maximum Gasteiger partial charge on any atom is 0.246 e. The summed E-state index contributed by atoms with van der Waals surface area (Å²) in [6.07, 6.45) is 5.60. The number of carbonyl (C=O) groups excluding carboxylic acids is 1. The first-order valence-corrected chi connectivity index (χ1v) is 11.2.